The molecule has 0 saturated carbocycles. The second-order valence-electron chi connectivity index (χ2n) is 3.56. The minimum atomic E-state index is -4.67. The average molecular weight is 238 g/mol. The molecule has 6 heteroatoms. The highest BCUT2D eigenvalue weighted by atomic mass is 32.3. The molecule has 1 fully saturated rings. The van der Waals surface area contributed by atoms with Gasteiger partial charge in [-0.25, -0.2) is 0 Å². The number of nitrogens with zero attached hydrogens (tertiary/aromatic N) is 1. The van der Waals surface area contributed by atoms with Crippen LogP contribution >= 0.6 is 0 Å². The first-order valence-electron chi connectivity index (χ1n) is 5.15. The Morgan fingerprint density at radius 1 is 1.00 bits per heavy atom. The molecular formula is C9H20NO4S. The summed E-state index contributed by atoms with van der Waals surface area (Å²) in [6.07, 6.45) is 7.07. The Kier molecular flexibility index (Phi) is 7.95. The van der Waals surface area contributed by atoms with Gasteiger partial charge in [0.05, 0.1) is 0 Å². The molecule has 15 heavy (non-hydrogen) atoms. The van der Waals surface area contributed by atoms with Crippen molar-refractivity contribution in [2.24, 2.45) is 0 Å². The van der Waals surface area contributed by atoms with Crippen LogP contribution in [0.2, 0.25) is 0 Å². The predicted octanol–water partition coefficient (Wildman–Crippen LogP) is 1.43. The molecular weight excluding hydrogens is 218 g/mol. The van der Waals surface area contributed by atoms with Crippen LogP contribution < -0.4 is 0 Å². The van der Waals surface area contributed by atoms with E-state index < -0.39 is 10.4 Å². The Hall–Kier alpha value is -0.170. The quantitative estimate of drug-likeness (QED) is 0.676. The molecule has 2 N–H and O–H groups in total. The fourth-order valence-corrected chi connectivity index (χ4v) is 1.54. The van der Waals surface area contributed by atoms with Gasteiger partial charge in [-0.3, -0.25) is 9.11 Å². The van der Waals surface area contributed by atoms with Gasteiger partial charge in [0.25, 0.3) is 0 Å². The van der Waals surface area contributed by atoms with Crippen molar-refractivity contribution >= 4 is 10.4 Å². The smallest absolute Gasteiger partial charge is 0.303 e. The van der Waals surface area contributed by atoms with E-state index in [2.05, 4.69) is 11.8 Å². The lowest BCUT2D eigenvalue weighted by Gasteiger charge is -2.22. The maximum absolute atomic E-state index is 8.74. The van der Waals surface area contributed by atoms with Crippen LogP contribution in [0.4, 0.5) is 0 Å². The normalized spacial score (nSPS) is 19.7. The summed E-state index contributed by atoms with van der Waals surface area (Å²) >= 11 is 0. The van der Waals surface area contributed by atoms with E-state index in [1.54, 1.807) is 0 Å². The van der Waals surface area contributed by atoms with Crippen LogP contribution in [0.1, 0.15) is 32.1 Å². The molecule has 1 radical (unpaired) electrons. The molecule has 0 amide bonds. The molecule has 1 saturated heterocycles. The van der Waals surface area contributed by atoms with Crippen molar-refractivity contribution in [3.63, 3.8) is 0 Å². The summed E-state index contributed by atoms with van der Waals surface area (Å²) in [5, 5.41) is 0. The van der Waals surface area contributed by atoms with Crippen molar-refractivity contribution in [3.05, 3.63) is 6.92 Å². The highest BCUT2D eigenvalue weighted by Crippen LogP contribution is 2.09. The van der Waals surface area contributed by atoms with Crippen LogP contribution in [0.25, 0.3) is 0 Å². The number of rotatable bonds is 1. The van der Waals surface area contributed by atoms with Gasteiger partial charge in [-0.15, -0.1) is 0 Å². The Labute approximate surface area is 92.1 Å². The van der Waals surface area contributed by atoms with Crippen molar-refractivity contribution in [1.29, 1.82) is 0 Å². The van der Waals surface area contributed by atoms with Crippen LogP contribution in [-0.2, 0) is 10.4 Å². The summed E-state index contributed by atoms with van der Waals surface area (Å²) in [6, 6.07) is 0. The third-order valence-corrected chi connectivity index (χ3v) is 2.26. The summed E-state index contributed by atoms with van der Waals surface area (Å²) in [5.74, 6) is 0. The zero-order valence-electron chi connectivity index (χ0n) is 8.93. The lowest BCUT2D eigenvalue weighted by atomic mass is 10.1. The van der Waals surface area contributed by atoms with Crippen molar-refractivity contribution in [3.8, 4) is 0 Å². The number of hydrogen-bond donors (Lipinski definition) is 2. The molecule has 0 aromatic carbocycles. The van der Waals surface area contributed by atoms with Crippen molar-refractivity contribution in [1.82, 2.24) is 4.90 Å². The zero-order chi connectivity index (χ0) is 11.7. The summed E-state index contributed by atoms with van der Waals surface area (Å²) in [5.41, 5.74) is 0. The van der Waals surface area contributed by atoms with Crippen LogP contribution in [0.3, 0.4) is 0 Å². The van der Waals surface area contributed by atoms with E-state index >= 15 is 0 Å². The van der Waals surface area contributed by atoms with E-state index in [1.165, 1.54) is 45.2 Å². The van der Waals surface area contributed by atoms with E-state index in [1.807, 2.05) is 0 Å². The van der Waals surface area contributed by atoms with Gasteiger partial charge < -0.3 is 4.90 Å². The molecule has 0 aromatic rings. The van der Waals surface area contributed by atoms with E-state index in [4.69, 9.17) is 17.5 Å². The van der Waals surface area contributed by atoms with E-state index in [0.29, 0.717) is 0 Å². The van der Waals surface area contributed by atoms with E-state index in [-0.39, 0.29) is 0 Å². The van der Waals surface area contributed by atoms with Gasteiger partial charge in [0.15, 0.2) is 0 Å². The fourth-order valence-electron chi connectivity index (χ4n) is 1.54. The lowest BCUT2D eigenvalue weighted by molar-refractivity contribution is 0.270. The van der Waals surface area contributed by atoms with E-state index in [9.17, 15) is 0 Å². The van der Waals surface area contributed by atoms with Crippen LogP contribution in [0.5, 0.6) is 0 Å². The SMILES string of the molecule is O=S(=O)(O)O.[CH2]CN1CCCCCCC1. The van der Waals surface area contributed by atoms with Gasteiger partial charge in [0, 0.05) is 0 Å². The topological polar surface area (TPSA) is 77.8 Å². The molecule has 1 aliphatic rings. The van der Waals surface area contributed by atoms with Gasteiger partial charge in [-0.1, -0.05) is 19.3 Å². The van der Waals surface area contributed by atoms with Crippen molar-refractivity contribution < 1.29 is 17.5 Å². The first kappa shape index (κ1) is 14.8. The molecule has 0 unspecified atom stereocenters. The molecule has 0 aliphatic carbocycles. The summed E-state index contributed by atoms with van der Waals surface area (Å²) < 4.78 is 31.6. The standard InChI is InChI=1S/C9H18N.H2O4S/c1-2-10-8-6-4-3-5-7-9-10;1-5(2,3)4/h1-9H2;(H2,1,2,3,4). The molecule has 0 aromatic heterocycles. The summed E-state index contributed by atoms with van der Waals surface area (Å²) in [6.45, 7) is 7.47. The minimum absolute atomic E-state index is 1.00. The highest BCUT2D eigenvalue weighted by molar-refractivity contribution is 7.79. The lowest BCUT2D eigenvalue weighted by Crippen LogP contribution is -2.26. The first-order valence-corrected chi connectivity index (χ1v) is 6.54. The Bertz CT molecular complexity index is 224. The summed E-state index contributed by atoms with van der Waals surface area (Å²) in [7, 11) is -4.67. The third-order valence-electron chi connectivity index (χ3n) is 2.26. The molecule has 0 atom stereocenters. The third kappa shape index (κ3) is 13.8. The average Bonchev–Trinajstić information content (AvgIpc) is 2.00. The maximum Gasteiger partial charge on any atom is 0.394 e. The molecule has 1 aliphatic heterocycles. The number of likely N-dealkylation sites (tertiary alicyclic amines) is 1. The van der Waals surface area contributed by atoms with Gasteiger partial charge in [0.2, 0.25) is 0 Å². The van der Waals surface area contributed by atoms with Gasteiger partial charge in [-0.2, -0.15) is 8.42 Å². The maximum atomic E-state index is 8.74. The molecule has 1 rings (SSSR count). The Balaban J connectivity index is 0.000000336. The second kappa shape index (κ2) is 8.04. The van der Waals surface area contributed by atoms with E-state index in [0.717, 1.165) is 6.54 Å². The Morgan fingerprint density at radius 3 is 1.67 bits per heavy atom. The summed E-state index contributed by atoms with van der Waals surface area (Å²) in [4.78, 5) is 2.46. The Morgan fingerprint density at radius 2 is 1.33 bits per heavy atom. The van der Waals surface area contributed by atoms with Gasteiger partial charge in [-0.05, 0) is 39.4 Å². The van der Waals surface area contributed by atoms with Crippen molar-refractivity contribution in [2.75, 3.05) is 19.6 Å². The molecule has 91 valence electrons. The van der Waals surface area contributed by atoms with Gasteiger partial charge >= 0.3 is 10.4 Å². The molecule has 0 spiro atoms. The molecule has 5 nitrogen and oxygen atoms in total. The van der Waals surface area contributed by atoms with Crippen LogP contribution in [0.15, 0.2) is 0 Å². The minimum Gasteiger partial charge on any atom is -0.303 e. The highest BCUT2D eigenvalue weighted by Gasteiger charge is 2.04. The monoisotopic (exact) mass is 238 g/mol. The van der Waals surface area contributed by atoms with Crippen LogP contribution in [0, 0.1) is 6.92 Å². The second-order valence-corrected chi connectivity index (χ2v) is 4.45. The first-order chi connectivity index (χ1) is 6.93. The molecule has 0 bridgehead atoms. The predicted molar refractivity (Wildman–Crippen MR) is 59.1 cm³/mol. The van der Waals surface area contributed by atoms with Crippen LogP contribution in [-0.4, -0.2) is 42.1 Å². The van der Waals surface area contributed by atoms with Crippen molar-refractivity contribution in [2.45, 2.75) is 32.1 Å². The number of hydrogen-bond acceptors (Lipinski definition) is 3. The zero-order valence-corrected chi connectivity index (χ0v) is 9.75. The van der Waals surface area contributed by atoms with Gasteiger partial charge in [0.1, 0.15) is 0 Å². The molecule has 1 heterocycles. The fraction of sp³-hybridized carbons (Fsp3) is 0.889. The largest absolute Gasteiger partial charge is 0.394 e.